The maximum absolute atomic E-state index is 12.1. The lowest BCUT2D eigenvalue weighted by Gasteiger charge is -2.10. The summed E-state index contributed by atoms with van der Waals surface area (Å²) in [7, 11) is 0. The van der Waals surface area contributed by atoms with Crippen LogP contribution >= 0.6 is 0 Å². The predicted octanol–water partition coefficient (Wildman–Crippen LogP) is 2.19. The van der Waals surface area contributed by atoms with Gasteiger partial charge in [0.1, 0.15) is 12.1 Å². The molecule has 0 aliphatic rings. The van der Waals surface area contributed by atoms with E-state index in [0.29, 0.717) is 17.0 Å². The molecule has 0 aliphatic heterocycles. The number of nitrogens with one attached hydrogen (secondary N) is 1. The van der Waals surface area contributed by atoms with E-state index in [-0.39, 0.29) is 18.3 Å². The largest absolute Gasteiger partial charge is 0.484 e. The van der Waals surface area contributed by atoms with Gasteiger partial charge < -0.3 is 10.1 Å². The van der Waals surface area contributed by atoms with Crippen LogP contribution in [0.3, 0.4) is 0 Å². The average Bonchev–Trinajstić information content (AvgIpc) is 3.15. The molecule has 1 N–H and O–H groups in total. The van der Waals surface area contributed by atoms with Gasteiger partial charge in [0.2, 0.25) is 0 Å². The number of benzene rings is 2. The van der Waals surface area contributed by atoms with Crippen molar-refractivity contribution in [2.24, 2.45) is 0 Å². The molecule has 0 saturated carbocycles. The number of ketones is 1. The van der Waals surface area contributed by atoms with Crippen LogP contribution in [0.25, 0.3) is 5.69 Å². The van der Waals surface area contributed by atoms with Crippen LogP contribution in [0.15, 0.2) is 48.8 Å². The normalized spacial score (nSPS) is 10.4. The maximum atomic E-state index is 12.1. The molecule has 0 saturated heterocycles. The summed E-state index contributed by atoms with van der Waals surface area (Å²) in [5, 5.41) is 13.8. The standard InChI is InChI=1S/C18H17N5O3/c1-12-9-15(5-8-17(12)23-11-19-21-22-23)20-18(25)10-26-16-6-3-14(4-7-16)13(2)24/h3-9,11H,10H2,1-2H3,(H,20,25). The summed E-state index contributed by atoms with van der Waals surface area (Å²) in [6.45, 7) is 3.27. The first kappa shape index (κ1) is 17.3. The van der Waals surface area contributed by atoms with E-state index >= 15 is 0 Å². The van der Waals surface area contributed by atoms with Crippen molar-refractivity contribution in [1.29, 1.82) is 0 Å². The van der Waals surface area contributed by atoms with Crippen LogP contribution in [-0.4, -0.2) is 38.5 Å². The third-order valence-electron chi connectivity index (χ3n) is 3.71. The minimum Gasteiger partial charge on any atom is -0.484 e. The lowest BCUT2D eigenvalue weighted by atomic mass is 10.1. The second-order valence-corrected chi connectivity index (χ2v) is 5.67. The van der Waals surface area contributed by atoms with Crippen LogP contribution in [0.2, 0.25) is 0 Å². The number of aromatic nitrogens is 4. The molecule has 3 rings (SSSR count). The van der Waals surface area contributed by atoms with Crippen molar-refractivity contribution < 1.29 is 14.3 Å². The van der Waals surface area contributed by atoms with Crippen molar-refractivity contribution in [2.45, 2.75) is 13.8 Å². The van der Waals surface area contributed by atoms with Gasteiger partial charge in [-0.1, -0.05) is 0 Å². The molecule has 0 aliphatic carbocycles. The lowest BCUT2D eigenvalue weighted by Crippen LogP contribution is -2.20. The second kappa shape index (κ2) is 7.56. The molecule has 8 heteroatoms. The SMILES string of the molecule is CC(=O)c1ccc(OCC(=O)Nc2ccc(-n3cnnn3)c(C)c2)cc1. The Morgan fingerprint density at radius 1 is 1.15 bits per heavy atom. The molecule has 0 fully saturated rings. The van der Waals surface area contributed by atoms with Crippen LogP contribution in [0.4, 0.5) is 5.69 Å². The average molecular weight is 351 g/mol. The summed E-state index contributed by atoms with van der Waals surface area (Å²) in [6, 6.07) is 12.1. The molecule has 0 unspecified atom stereocenters. The molecule has 3 aromatic rings. The summed E-state index contributed by atoms with van der Waals surface area (Å²) < 4.78 is 6.98. The smallest absolute Gasteiger partial charge is 0.262 e. The number of carbonyl (C=O) groups is 2. The Labute approximate surface area is 149 Å². The molecule has 0 bridgehead atoms. The highest BCUT2D eigenvalue weighted by Gasteiger charge is 2.08. The van der Waals surface area contributed by atoms with Crippen LogP contribution in [0.5, 0.6) is 5.75 Å². The van der Waals surface area contributed by atoms with Gasteiger partial charge in [-0.15, -0.1) is 5.10 Å². The highest BCUT2D eigenvalue weighted by atomic mass is 16.5. The van der Waals surface area contributed by atoms with Crippen LogP contribution in [0, 0.1) is 6.92 Å². The number of carbonyl (C=O) groups excluding carboxylic acids is 2. The Bertz CT molecular complexity index is 921. The zero-order valence-corrected chi connectivity index (χ0v) is 14.3. The fourth-order valence-corrected chi connectivity index (χ4v) is 2.39. The Kier molecular flexibility index (Phi) is 5.02. The van der Waals surface area contributed by atoms with Gasteiger partial charge in [0, 0.05) is 11.3 Å². The fourth-order valence-electron chi connectivity index (χ4n) is 2.39. The van der Waals surface area contributed by atoms with Gasteiger partial charge in [-0.2, -0.15) is 0 Å². The van der Waals surface area contributed by atoms with Crippen LogP contribution < -0.4 is 10.1 Å². The quantitative estimate of drug-likeness (QED) is 0.684. The molecular formula is C18H17N5O3. The molecule has 1 heterocycles. The van der Waals surface area contributed by atoms with Gasteiger partial charge in [0.05, 0.1) is 5.69 Å². The number of Topliss-reactive ketones (excluding diaryl/α,β-unsaturated/α-hetero) is 1. The van der Waals surface area contributed by atoms with E-state index in [0.717, 1.165) is 11.3 Å². The number of amides is 1. The summed E-state index contributed by atoms with van der Waals surface area (Å²) in [5.74, 6) is 0.223. The number of tetrazole rings is 1. The van der Waals surface area contributed by atoms with Crippen LogP contribution in [0.1, 0.15) is 22.8 Å². The summed E-state index contributed by atoms with van der Waals surface area (Å²) >= 11 is 0. The topological polar surface area (TPSA) is 99.0 Å². The third-order valence-corrected chi connectivity index (χ3v) is 3.71. The highest BCUT2D eigenvalue weighted by molar-refractivity contribution is 5.94. The Balaban J connectivity index is 1.58. The third kappa shape index (κ3) is 4.10. The van der Waals surface area contributed by atoms with Crippen molar-refractivity contribution in [1.82, 2.24) is 20.2 Å². The van der Waals surface area contributed by atoms with E-state index in [4.69, 9.17) is 4.74 Å². The minimum absolute atomic E-state index is 0.0187. The number of hydrogen-bond donors (Lipinski definition) is 1. The molecule has 0 radical (unpaired) electrons. The van der Waals surface area contributed by atoms with Gasteiger partial charge in [-0.25, -0.2) is 4.68 Å². The van der Waals surface area contributed by atoms with Crippen molar-refractivity contribution in [3.05, 3.63) is 59.9 Å². The van der Waals surface area contributed by atoms with Gasteiger partial charge in [0.15, 0.2) is 12.4 Å². The molecule has 26 heavy (non-hydrogen) atoms. The lowest BCUT2D eigenvalue weighted by molar-refractivity contribution is -0.118. The van der Waals surface area contributed by atoms with Crippen molar-refractivity contribution in [2.75, 3.05) is 11.9 Å². The van der Waals surface area contributed by atoms with E-state index in [1.54, 1.807) is 35.0 Å². The Morgan fingerprint density at radius 2 is 1.92 bits per heavy atom. The van der Waals surface area contributed by atoms with Crippen LogP contribution in [-0.2, 0) is 4.79 Å². The highest BCUT2D eigenvalue weighted by Crippen LogP contribution is 2.18. The summed E-state index contributed by atoms with van der Waals surface area (Å²) in [6.07, 6.45) is 1.51. The van der Waals surface area contributed by atoms with E-state index in [1.807, 2.05) is 19.1 Å². The van der Waals surface area contributed by atoms with E-state index in [1.165, 1.54) is 13.3 Å². The number of ether oxygens (including phenoxy) is 1. The van der Waals surface area contributed by atoms with Gasteiger partial charge >= 0.3 is 0 Å². The molecule has 132 valence electrons. The monoisotopic (exact) mass is 351 g/mol. The maximum Gasteiger partial charge on any atom is 0.262 e. The molecule has 2 aromatic carbocycles. The van der Waals surface area contributed by atoms with E-state index < -0.39 is 0 Å². The van der Waals surface area contributed by atoms with Crippen molar-refractivity contribution in [3.8, 4) is 11.4 Å². The molecule has 0 atom stereocenters. The number of rotatable bonds is 6. The summed E-state index contributed by atoms with van der Waals surface area (Å²) in [4.78, 5) is 23.3. The van der Waals surface area contributed by atoms with Crippen molar-refractivity contribution >= 4 is 17.4 Å². The predicted molar refractivity (Wildman–Crippen MR) is 94.5 cm³/mol. The molecular weight excluding hydrogens is 334 g/mol. The summed E-state index contributed by atoms with van der Waals surface area (Å²) in [5.41, 5.74) is 2.99. The minimum atomic E-state index is -0.282. The Morgan fingerprint density at radius 3 is 2.54 bits per heavy atom. The van der Waals surface area contributed by atoms with Gasteiger partial charge in [-0.05, 0) is 72.3 Å². The number of hydrogen-bond acceptors (Lipinski definition) is 6. The molecule has 1 aromatic heterocycles. The zero-order valence-electron chi connectivity index (χ0n) is 14.3. The fraction of sp³-hybridized carbons (Fsp3) is 0.167. The molecule has 8 nitrogen and oxygen atoms in total. The number of anilines is 1. The number of aryl methyl sites for hydroxylation is 1. The van der Waals surface area contributed by atoms with Gasteiger partial charge in [0.25, 0.3) is 5.91 Å². The molecule has 0 spiro atoms. The molecule has 1 amide bonds. The van der Waals surface area contributed by atoms with E-state index in [9.17, 15) is 9.59 Å². The van der Waals surface area contributed by atoms with Crippen molar-refractivity contribution in [3.63, 3.8) is 0 Å². The first-order valence-corrected chi connectivity index (χ1v) is 7.90. The zero-order chi connectivity index (χ0) is 18.5. The first-order chi connectivity index (χ1) is 12.5. The Hall–Kier alpha value is -3.55. The van der Waals surface area contributed by atoms with Gasteiger partial charge in [-0.3, -0.25) is 9.59 Å². The first-order valence-electron chi connectivity index (χ1n) is 7.90. The second-order valence-electron chi connectivity index (χ2n) is 5.67. The van der Waals surface area contributed by atoms with E-state index in [2.05, 4.69) is 20.8 Å². The number of nitrogens with zero attached hydrogens (tertiary/aromatic N) is 4.